The van der Waals surface area contributed by atoms with Gasteiger partial charge in [0.15, 0.2) is 0 Å². The van der Waals surface area contributed by atoms with Crippen LogP contribution in [0.4, 0.5) is 17.1 Å². The average Bonchev–Trinajstić information content (AvgIpc) is 2.66. The fourth-order valence-electron chi connectivity index (χ4n) is 2.44. The summed E-state index contributed by atoms with van der Waals surface area (Å²) in [6.45, 7) is 1.97. The summed E-state index contributed by atoms with van der Waals surface area (Å²) in [6.07, 6.45) is 0.531. The number of anilines is 2. The van der Waals surface area contributed by atoms with E-state index in [9.17, 15) is 4.79 Å². The Hall–Kier alpha value is -3.72. The highest BCUT2D eigenvalue weighted by Gasteiger charge is 2.21. The SMILES string of the molecule is Cc1cccc(NC2=C(C(N)=O)C=NC(ONc3ccccc3N=N)N2)c1. The number of amides is 1. The molecule has 0 radical (unpaired) electrons. The van der Waals surface area contributed by atoms with Crippen LogP contribution in [0.5, 0.6) is 0 Å². The van der Waals surface area contributed by atoms with Crippen molar-refractivity contribution in [3.05, 3.63) is 65.5 Å². The highest BCUT2D eigenvalue weighted by molar-refractivity contribution is 6.12. The Labute approximate surface area is 155 Å². The molecule has 2 aromatic rings. The van der Waals surface area contributed by atoms with Gasteiger partial charge in [-0.15, -0.1) is 0 Å². The van der Waals surface area contributed by atoms with E-state index in [0.29, 0.717) is 17.2 Å². The molecule has 0 saturated heterocycles. The van der Waals surface area contributed by atoms with Crippen LogP contribution < -0.4 is 21.8 Å². The molecule has 0 fully saturated rings. The number of rotatable bonds is 7. The number of para-hydroxylation sites is 2. The van der Waals surface area contributed by atoms with Gasteiger partial charge in [0.1, 0.15) is 11.5 Å². The predicted octanol–water partition coefficient (Wildman–Crippen LogP) is 2.77. The minimum atomic E-state index is -0.820. The van der Waals surface area contributed by atoms with Gasteiger partial charge in [0.25, 0.3) is 5.91 Å². The molecular formula is C18H19N7O2. The maximum absolute atomic E-state index is 11.7. The van der Waals surface area contributed by atoms with E-state index in [1.807, 2.05) is 31.2 Å². The van der Waals surface area contributed by atoms with Crippen molar-refractivity contribution in [2.75, 3.05) is 10.8 Å². The molecule has 1 amide bonds. The summed E-state index contributed by atoms with van der Waals surface area (Å²) in [7, 11) is 0. The minimum absolute atomic E-state index is 0.206. The van der Waals surface area contributed by atoms with Crippen molar-refractivity contribution in [1.29, 1.82) is 5.53 Å². The van der Waals surface area contributed by atoms with Gasteiger partial charge in [-0.1, -0.05) is 24.3 Å². The number of nitrogens with two attached hydrogens (primary N) is 1. The highest BCUT2D eigenvalue weighted by Crippen LogP contribution is 2.24. The van der Waals surface area contributed by atoms with E-state index in [1.54, 1.807) is 24.3 Å². The molecule has 1 unspecified atom stereocenters. The fraction of sp³-hybridized carbons (Fsp3) is 0.111. The summed E-state index contributed by atoms with van der Waals surface area (Å²) in [4.78, 5) is 21.3. The van der Waals surface area contributed by atoms with E-state index in [-0.39, 0.29) is 5.57 Å². The molecule has 27 heavy (non-hydrogen) atoms. The van der Waals surface area contributed by atoms with Gasteiger partial charge in [-0.2, -0.15) is 5.11 Å². The molecule has 0 bridgehead atoms. The fourth-order valence-corrected chi connectivity index (χ4v) is 2.44. The Kier molecular flexibility index (Phi) is 5.43. The Morgan fingerprint density at radius 2 is 2.11 bits per heavy atom. The largest absolute Gasteiger partial charge is 0.365 e. The van der Waals surface area contributed by atoms with Gasteiger partial charge in [0, 0.05) is 11.9 Å². The normalized spacial score (nSPS) is 15.8. The van der Waals surface area contributed by atoms with E-state index in [0.717, 1.165) is 11.3 Å². The van der Waals surface area contributed by atoms with Crippen molar-refractivity contribution in [1.82, 2.24) is 5.32 Å². The van der Waals surface area contributed by atoms with Crippen molar-refractivity contribution < 1.29 is 9.63 Å². The molecule has 0 aromatic heterocycles. The van der Waals surface area contributed by atoms with Gasteiger partial charge >= 0.3 is 0 Å². The molecule has 9 heteroatoms. The zero-order valence-electron chi connectivity index (χ0n) is 14.6. The lowest BCUT2D eigenvalue weighted by Gasteiger charge is -2.24. The first kappa shape index (κ1) is 18.1. The molecule has 1 heterocycles. The standard InChI is InChI=1S/C18H19N7O2/c1-11-5-4-6-12(9-11)22-17-13(16(19)26)10-21-18(23-17)27-25-15-8-3-2-7-14(15)24-20/h2-10,18,20,22-23,25H,1H3,(H2,19,26). The van der Waals surface area contributed by atoms with Gasteiger partial charge in [0.2, 0.25) is 6.35 Å². The maximum atomic E-state index is 11.7. The molecule has 2 aromatic carbocycles. The van der Waals surface area contributed by atoms with Crippen LogP contribution in [0, 0.1) is 12.5 Å². The van der Waals surface area contributed by atoms with Crippen LogP contribution in [0.15, 0.2) is 70.0 Å². The number of carbonyl (C=O) groups excluding carboxylic acids is 1. The van der Waals surface area contributed by atoms with Crippen molar-refractivity contribution in [2.24, 2.45) is 15.8 Å². The Balaban J connectivity index is 1.73. The third-order valence-corrected chi connectivity index (χ3v) is 3.73. The number of aliphatic imine (C=N–C) groups is 1. The Morgan fingerprint density at radius 3 is 2.85 bits per heavy atom. The van der Waals surface area contributed by atoms with Gasteiger partial charge in [0.05, 0.1) is 11.3 Å². The van der Waals surface area contributed by atoms with Gasteiger partial charge < -0.3 is 16.4 Å². The van der Waals surface area contributed by atoms with Crippen LogP contribution in [0.25, 0.3) is 0 Å². The van der Waals surface area contributed by atoms with Crippen molar-refractivity contribution in [3.63, 3.8) is 0 Å². The van der Waals surface area contributed by atoms with Gasteiger partial charge in [-0.25, -0.2) is 15.4 Å². The molecule has 0 aliphatic carbocycles. The molecular weight excluding hydrogens is 346 g/mol. The van der Waals surface area contributed by atoms with Crippen LogP contribution in [-0.4, -0.2) is 18.5 Å². The smallest absolute Gasteiger partial charge is 0.253 e. The second-order valence-corrected chi connectivity index (χ2v) is 5.77. The van der Waals surface area contributed by atoms with E-state index >= 15 is 0 Å². The predicted molar refractivity (Wildman–Crippen MR) is 102 cm³/mol. The van der Waals surface area contributed by atoms with Crippen LogP contribution in [0.1, 0.15) is 5.56 Å². The van der Waals surface area contributed by atoms with E-state index in [2.05, 4.69) is 26.2 Å². The van der Waals surface area contributed by atoms with E-state index in [1.165, 1.54) is 6.21 Å². The number of nitrogens with zero attached hydrogens (tertiary/aromatic N) is 2. The Bertz CT molecular complexity index is 923. The van der Waals surface area contributed by atoms with Crippen LogP contribution in [0.2, 0.25) is 0 Å². The van der Waals surface area contributed by atoms with Crippen molar-refractivity contribution in [3.8, 4) is 0 Å². The summed E-state index contributed by atoms with van der Waals surface area (Å²) in [5.41, 5.74) is 18.3. The second-order valence-electron chi connectivity index (χ2n) is 5.77. The summed E-state index contributed by atoms with van der Waals surface area (Å²) >= 11 is 0. The lowest BCUT2D eigenvalue weighted by molar-refractivity contribution is -0.114. The monoisotopic (exact) mass is 365 g/mol. The number of benzene rings is 2. The summed E-state index contributed by atoms with van der Waals surface area (Å²) in [5, 5.41) is 9.51. The molecule has 1 aliphatic heterocycles. The summed E-state index contributed by atoms with van der Waals surface area (Å²) in [6, 6.07) is 14.6. The lowest BCUT2D eigenvalue weighted by Crippen LogP contribution is -2.40. The molecule has 1 atom stereocenters. The van der Waals surface area contributed by atoms with Crippen LogP contribution in [-0.2, 0) is 9.63 Å². The molecule has 0 saturated carbocycles. The van der Waals surface area contributed by atoms with Crippen LogP contribution in [0.3, 0.4) is 0 Å². The first-order valence-corrected chi connectivity index (χ1v) is 8.12. The minimum Gasteiger partial charge on any atom is -0.365 e. The number of hydrogen-bond acceptors (Lipinski definition) is 8. The zero-order valence-corrected chi connectivity index (χ0v) is 14.6. The maximum Gasteiger partial charge on any atom is 0.253 e. The molecule has 1 aliphatic rings. The third kappa shape index (κ3) is 4.47. The zero-order chi connectivity index (χ0) is 19.2. The van der Waals surface area contributed by atoms with Crippen molar-refractivity contribution in [2.45, 2.75) is 13.3 Å². The van der Waals surface area contributed by atoms with E-state index in [4.69, 9.17) is 16.1 Å². The lowest BCUT2D eigenvalue weighted by atomic mass is 10.2. The summed E-state index contributed by atoms with van der Waals surface area (Å²) < 4.78 is 0. The quantitative estimate of drug-likeness (QED) is 0.379. The number of hydrogen-bond donors (Lipinski definition) is 5. The Morgan fingerprint density at radius 1 is 1.30 bits per heavy atom. The molecule has 138 valence electrons. The number of nitrogens with one attached hydrogen (secondary N) is 4. The first-order chi connectivity index (χ1) is 13.1. The second kappa shape index (κ2) is 8.11. The molecule has 9 nitrogen and oxygen atoms in total. The van der Waals surface area contributed by atoms with Gasteiger partial charge in [-0.05, 0) is 36.8 Å². The highest BCUT2D eigenvalue weighted by atomic mass is 16.7. The molecule has 3 rings (SSSR count). The summed E-state index contributed by atoms with van der Waals surface area (Å²) in [5.74, 6) is -0.237. The number of aryl methyl sites for hydroxylation is 1. The topological polar surface area (TPSA) is 137 Å². The third-order valence-electron chi connectivity index (χ3n) is 3.73. The molecule has 0 spiro atoms. The first-order valence-electron chi connectivity index (χ1n) is 8.12. The van der Waals surface area contributed by atoms with Gasteiger partial charge in [-0.3, -0.25) is 10.3 Å². The number of carbonyl (C=O) groups is 1. The molecule has 6 N–H and O–H groups in total. The van der Waals surface area contributed by atoms with Crippen LogP contribution >= 0.6 is 0 Å². The average molecular weight is 365 g/mol. The van der Waals surface area contributed by atoms with Crippen molar-refractivity contribution >= 4 is 29.2 Å². The van der Waals surface area contributed by atoms with E-state index < -0.39 is 12.3 Å². The number of primary amides is 1.